The summed E-state index contributed by atoms with van der Waals surface area (Å²) in [5, 5.41) is 1.04. The lowest BCUT2D eigenvalue weighted by molar-refractivity contribution is 0.881. The van der Waals surface area contributed by atoms with Gasteiger partial charge in [0.2, 0.25) is 0 Å². The first-order valence-electron chi connectivity index (χ1n) is 8.90. The van der Waals surface area contributed by atoms with Crippen molar-refractivity contribution in [3.05, 3.63) is 87.4 Å². The highest BCUT2D eigenvalue weighted by Crippen LogP contribution is 2.21. The van der Waals surface area contributed by atoms with Gasteiger partial charge in [-0.2, -0.15) is 0 Å². The van der Waals surface area contributed by atoms with E-state index in [1.54, 1.807) is 0 Å². The van der Waals surface area contributed by atoms with Crippen molar-refractivity contribution in [3.63, 3.8) is 0 Å². The maximum Gasteiger partial charge on any atom is 0.251 e. The molecule has 2 aromatic carbocycles. The van der Waals surface area contributed by atoms with Gasteiger partial charge in [-0.1, -0.05) is 36.4 Å². The second-order valence-corrected chi connectivity index (χ2v) is 6.81. The predicted molar refractivity (Wildman–Crippen MR) is 107 cm³/mol. The van der Waals surface area contributed by atoms with Crippen molar-refractivity contribution in [1.82, 2.24) is 19.9 Å². The van der Waals surface area contributed by atoms with Gasteiger partial charge in [-0.15, -0.1) is 0 Å². The minimum absolute atomic E-state index is 0.174. The van der Waals surface area contributed by atoms with Gasteiger partial charge in [-0.05, 0) is 38.0 Å². The fraction of sp³-hybridized carbons (Fsp3) is 0.182. The summed E-state index contributed by atoms with van der Waals surface area (Å²) in [6, 6.07) is 15.6. The van der Waals surface area contributed by atoms with Crippen LogP contribution in [0.25, 0.3) is 22.2 Å². The number of nitrogens with zero attached hydrogens (tertiary/aromatic N) is 3. The number of H-pyrrole nitrogens is 1. The van der Waals surface area contributed by atoms with E-state index in [9.17, 15) is 4.79 Å². The second kappa shape index (κ2) is 6.76. The Kier molecular flexibility index (Phi) is 4.28. The summed E-state index contributed by atoms with van der Waals surface area (Å²) in [7, 11) is 0. The highest BCUT2D eigenvalue weighted by molar-refractivity contribution is 5.81. The molecular weight excluding hydrogens is 336 g/mol. The first-order chi connectivity index (χ1) is 13.0. The van der Waals surface area contributed by atoms with Crippen LogP contribution in [0.1, 0.15) is 28.5 Å². The van der Waals surface area contributed by atoms with E-state index >= 15 is 0 Å². The molecule has 2 aromatic heterocycles. The van der Waals surface area contributed by atoms with Crippen LogP contribution in [0.5, 0.6) is 0 Å². The van der Waals surface area contributed by atoms with Gasteiger partial charge in [0.25, 0.3) is 5.56 Å². The number of nitrogens with one attached hydrogen (secondary N) is 1. The lowest BCUT2D eigenvalue weighted by Crippen LogP contribution is -2.13. The number of aromatic amines is 1. The van der Waals surface area contributed by atoms with Gasteiger partial charge in [-0.3, -0.25) is 4.79 Å². The SMILES string of the molecule is Cc1ccc2c(C)nc(Cc3nc(-c4ccccc4C)cc(=O)[nH]3)nc2c1. The molecule has 0 aliphatic carbocycles. The van der Waals surface area contributed by atoms with E-state index < -0.39 is 0 Å². The molecule has 0 bridgehead atoms. The lowest BCUT2D eigenvalue weighted by Gasteiger charge is -2.08. The third-order valence-corrected chi connectivity index (χ3v) is 4.63. The van der Waals surface area contributed by atoms with Crippen LogP contribution < -0.4 is 5.56 Å². The van der Waals surface area contributed by atoms with Crippen LogP contribution in [0.2, 0.25) is 0 Å². The molecule has 0 spiro atoms. The van der Waals surface area contributed by atoms with E-state index in [0.29, 0.717) is 23.8 Å². The summed E-state index contributed by atoms with van der Waals surface area (Å²) in [6.07, 6.45) is 0.375. The molecule has 5 nitrogen and oxygen atoms in total. The Bertz CT molecular complexity index is 1210. The lowest BCUT2D eigenvalue weighted by atomic mass is 10.1. The van der Waals surface area contributed by atoms with E-state index in [1.165, 1.54) is 6.07 Å². The molecule has 0 saturated heterocycles. The molecule has 4 aromatic rings. The van der Waals surface area contributed by atoms with Crippen LogP contribution >= 0.6 is 0 Å². The Morgan fingerprint density at radius 2 is 1.74 bits per heavy atom. The van der Waals surface area contributed by atoms with Crippen LogP contribution in [-0.2, 0) is 6.42 Å². The molecule has 2 heterocycles. The molecule has 4 rings (SSSR count). The van der Waals surface area contributed by atoms with Gasteiger partial charge < -0.3 is 4.98 Å². The first kappa shape index (κ1) is 17.1. The molecule has 0 unspecified atom stereocenters. The quantitative estimate of drug-likeness (QED) is 0.604. The average Bonchev–Trinajstić information content (AvgIpc) is 2.61. The van der Waals surface area contributed by atoms with E-state index in [2.05, 4.69) is 26.0 Å². The number of hydrogen-bond acceptors (Lipinski definition) is 4. The van der Waals surface area contributed by atoms with Crippen molar-refractivity contribution >= 4 is 10.9 Å². The van der Waals surface area contributed by atoms with E-state index in [0.717, 1.165) is 33.3 Å². The van der Waals surface area contributed by atoms with Crippen LogP contribution in [-0.4, -0.2) is 19.9 Å². The minimum atomic E-state index is -0.174. The number of hydrogen-bond donors (Lipinski definition) is 1. The van der Waals surface area contributed by atoms with Crippen molar-refractivity contribution in [3.8, 4) is 11.3 Å². The standard InChI is InChI=1S/C22H20N4O/c1-13-8-9-17-15(3)23-20(24-18(17)10-13)12-21-25-19(11-22(27)26-21)16-7-5-4-6-14(16)2/h4-11H,12H2,1-3H3,(H,25,26,27). The predicted octanol–water partition coefficient (Wildman–Crippen LogP) is 3.90. The topological polar surface area (TPSA) is 71.5 Å². The van der Waals surface area contributed by atoms with Crippen molar-refractivity contribution in [2.45, 2.75) is 27.2 Å². The minimum Gasteiger partial charge on any atom is -0.310 e. The van der Waals surface area contributed by atoms with Gasteiger partial charge >= 0.3 is 0 Å². The Morgan fingerprint density at radius 3 is 2.56 bits per heavy atom. The van der Waals surface area contributed by atoms with Crippen LogP contribution in [0.15, 0.2) is 53.3 Å². The maximum atomic E-state index is 12.2. The largest absolute Gasteiger partial charge is 0.310 e. The number of aryl methyl sites for hydroxylation is 3. The molecule has 0 fully saturated rings. The molecular formula is C22H20N4O. The monoisotopic (exact) mass is 356 g/mol. The molecule has 0 radical (unpaired) electrons. The van der Waals surface area contributed by atoms with E-state index in [1.807, 2.05) is 57.2 Å². The highest BCUT2D eigenvalue weighted by atomic mass is 16.1. The molecule has 134 valence electrons. The van der Waals surface area contributed by atoms with Crippen LogP contribution in [0, 0.1) is 20.8 Å². The second-order valence-electron chi connectivity index (χ2n) is 6.81. The summed E-state index contributed by atoms with van der Waals surface area (Å²) in [5.41, 5.74) is 5.51. The Labute approximate surface area is 157 Å². The van der Waals surface area contributed by atoms with Crippen LogP contribution in [0.4, 0.5) is 0 Å². The van der Waals surface area contributed by atoms with Crippen molar-refractivity contribution in [1.29, 1.82) is 0 Å². The molecule has 0 amide bonds. The van der Waals surface area contributed by atoms with Gasteiger partial charge in [0.15, 0.2) is 0 Å². The van der Waals surface area contributed by atoms with Crippen LogP contribution in [0.3, 0.4) is 0 Å². The smallest absolute Gasteiger partial charge is 0.251 e. The first-order valence-corrected chi connectivity index (χ1v) is 8.90. The Balaban J connectivity index is 1.76. The summed E-state index contributed by atoms with van der Waals surface area (Å²) in [5.74, 6) is 1.21. The average molecular weight is 356 g/mol. The van der Waals surface area contributed by atoms with Gasteiger partial charge in [0.05, 0.1) is 17.6 Å². The number of fused-ring (bicyclic) bond motifs is 1. The molecule has 27 heavy (non-hydrogen) atoms. The summed E-state index contributed by atoms with van der Waals surface area (Å²) in [6.45, 7) is 6.03. The number of rotatable bonds is 3. The summed E-state index contributed by atoms with van der Waals surface area (Å²) in [4.78, 5) is 28.9. The zero-order chi connectivity index (χ0) is 19.0. The van der Waals surface area contributed by atoms with E-state index in [-0.39, 0.29) is 5.56 Å². The van der Waals surface area contributed by atoms with Crippen molar-refractivity contribution in [2.75, 3.05) is 0 Å². The van der Waals surface area contributed by atoms with Gasteiger partial charge in [0.1, 0.15) is 11.6 Å². The maximum absolute atomic E-state index is 12.2. The molecule has 0 aliphatic rings. The normalized spacial score (nSPS) is 11.1. The van der Waals surface area contributed by atoms with Gasteiger partial charge in [-0.25, -0.2) is 15.0 Å². The zero-order valence-corrected chi connectivity index (χ0v) is 15.6. The fourth-order valence-corrected chi connectivity index (χ4v) is 3.28. The highest BCUT2D eigenvalue weighted by Gasteiger charge is 2.10. The molecule has 0 atom stereocenters. The Morgan fingerprint density at radius 1 is 0.926 bits per heavy atom. The third kappa shape index (κ3) is 3.49. The van der Waals surface area contributed by atoms with E-state index in [4.69, 9.17) is 0 Å². The number of benzene rings is 2. The molecule has 1 N–H and O–H groups in total. The summed E-state index contributed by atoms with van der Waals surface area (Å²) >= 11 is 0. The Hall–Kier alpha value is -3.34. The zero-order valence-electron chi connectivity index (χ0n) is 15.6. The van der Waals surface area contributed by atoms with Crippen molar-refractivity contribution in [2.24, 2.45) is 0 Å². The fourth-order valence-electron chi connectivity index (χ4n) is 3.28. The summed E-state index contributed by atoms with van der Waals surface area (Å²) < 4.78 is 0. The van der Waals surface area contributed by atoms with Gasteiger partial charge in [0, 0.05) is 22.7 Å². The van der Waals surface area contributed by atoms with Crippen molar-refractivity contribution < 1.29 is 0 Å². The third-order valence-electron chi connectivity index (χ3n) is 4.63. The molecule has 5 heteroatoms. The molecule has 0 aliphatic heterocycles. The number of aromatic nitrogens is 4. The molecule has 0 saturated carbocycles.